The summed E-state index contributed by atoms with van der Waals surface area (Å²) in [6.45, 7) is -0.924. The molecule has 0 spiro atoms. The van der Waals surface area contributed by atoms with Crippen molar-refractivity contribution in [1.82, 2.24) is 24.7 Å². The Morgan fingerprint density at radius 3 is 3.04 bits per heavy atom. The van der Waals surface area contributed by atoms with Crippen LogP contribution in [0, 0.1) is 0 Å². The molecule has 9 heteroatoms. The van der Waals surface area contributed by atoms with E-state index in [1.54, 1.807) is 29.2 Å². The molecule has 1 atom stereocenters. The van der Waals surface area contributed by atoms with Crippen molar-refractivity contribution in [1.29, 1.82) is 0 Å². The minimum Gasteiger partial charge on any atom is -0.435 e. The number of alkyl halides is 2. The summed E-state index contributed by atoms with van der Waals surface area (Å²) in [6.07, 6.45) is 8.81. The van der Waals surface area contributed by atoms with E-state index in [9.17, 15) is 8.78 Å². The van der Waals surface area contributed by atoms with Crippen LogP contribution in [0.1, 0.15) is 12.8 Å². The molecule has 4 heterocycles. The lowest BCUT2D eigenvalue weighted by Crippen LogP contribution is -2.38. The van der Waals surface area contributed by atoms with E-state index in [1.807, 2.05) is 0 Å². The van der Waals surface area contributed by atoms with Gasteiger partial charge >= 0.3 is 6.61 Å². The number of piperidine rings is 1. The van der Waals surface area contributed by atoms with Crippen molar-refractivity contribution in [3.05, 3.63) is 36.9 Å². The second kappa shape index (κ2) is 7.20. The van der Waals surface area contributed by atoms with Gasteiger partial charge in [0.05, 0.1) is 24.3 Å². The fourth-order valence-corrected chi connectivity index (χ4v) is 3.07. The Morgan fingerprint density at radius 1 is 1.31 bits per heavy atom. The summed E-state index contributed by atoms with van der Waals surface area (Å²) in [5.41, 5.74) is 1.87. The molecule has 1 aliphatic heterocycles. The number of hydrogen-bond donors (Lipinski definition) is 2. The number of fused-ring (bicyclic) bond motifs is 1. The van der Waals surface area contributed by atoms with Gasteiger partial charge in [0.1, 0.15) is 22.9 Å². The maximum Gasteiger partial charge on any atom is 0.387 e. The molecule has 0 radical (unpaired) electrons. The number of halogens is 2. The van der Waals surface area contributed by atoms with Crippen LogP contribution < -0.4 is 15.4 Å². The van der Waals surface area contributed by atoms with Crippen LogP contribution in [-0.2, 0) is 0 Å². The predicted octanol–water partition coefficient (Wildman–Crippen LogP) is 2.56. The van der Waals surface area contributed by atoms with Crippen LogP contribution in [0.5, 0.6) is 5.75 Å². The van der Waals surface area contributed by atoms with Crippen molar-refractivity contribution in [2.24, 2.45) is 0 Å². The molecule has 0 amide bonds. The molecule has 26 heavy (non-hydrogen) atoms. The van der Waals surface area contributed by atoms with Gasteiger partial charge in [-0.2, -0.15) is 8.78 Å². The number of aromatic nitrogens is 4. The summed E-state index contributed by atoms with van der Waals surface area (Å²) in [6, 6.07) is 3.25. The molecule has 136 valence electrons. The van der Waals surface area contributed by atoms with Crippen LogP contribution in [0.15, 0.2) is 36.9 Å². The van der Waals surface area contributed by atoms with Crippen LogP contribution >= 0.6 is 0 Å². The predicted molar refractivity (Wildman–Crippen MR) is 92.4 cm³/mol. The number of anilines is 1. The highest BCUT2D eigenvalue weighted by Crippen LogP contribution is 2.23. The first-order chi connectivity index (χ1) is 12.7. The van der Waals surface area contributed by atoms with Gasteiger partial charge in [0, 0.05) is 24.8 Å². The molecule has 3 aromatic heterocycles. The van der Waals surface area contributed by atoms with E-state index >= 15 is 0 Å². The topological polar surface area (TPSA) is 76.4 Å². The molecule has 0 saturated carbocycles. The monoisotopic (exact) mass is 360 g/mol. The van der Waals surface area contributed by atoms with Gasteiger partial charge in [0.25, 0.3) is 0 Å². The van der Waals surface area contributed by atoms with Crippen molar-refractivity contribution >= 4 is 11.5 Å². The molecule has 3 aromatic rings. The van der Waals surface area contributed by atoms with Gasteiger partial charge in [-0.25, -0.2) is 9.97 Å². The molecule has 1 fully saturated rings. The second-order valence-electron chi connectivity index (χ2n) is 6.09. The highest BCUT2D eigenvalue weighted by molar-refractivity contribution is 5.61. The third-order valence-electron chi connectivity index (χ3n) is 4.26. The summed E-state index contributed by atoms with van der Waals surface area (Å²) >= 11 is 0. The van der Waals surface area contributed by atoms with Crippen LogP contribution in [-0.4, -0.2) is 45.1 Å². The number of nitrogens with zero attached hydrogens (tertiary/aromatic N) is 4. The van der Waals surface area contributed by atoms with Crippen LogP contribution in [0.3, 0.4) is 0 Å². The maximum absolute atomic E-state index is 12.3. The first kappa shape index (κ1) is 16.6. The third-order valence-corrected chi connectivity index (χ3v) is 4.26. The smallest absolute Gasteiger partial charge is 0.387 e. The average molecular weight is 360 g/mol. The number of pyridine rings is 1. The van der Waals surface area contributed by atoms with E-state index in [2.05, 4.69) is 30.3 Å². The van der Waals surface area contributed by atoms with Gasteiger partial charge in [0.15, 0.2) is 0 Å². The Kier molecular flexibility index (Phi) is 4.61. The van der Waals surface area contributed by atoms with E-state index in [0.29, 0.717) is 23.2 Å². The number of imidazole rings is 1. The zero-order valence-corrected chi connectivity index (χ0v) is 13.9. The minimum atomic E-state index is -2.87. The van der Waals surface area contributed by atoms with Crippen LogP contribution in [0.25, 0.3) is 17.0 Å². The molecule has 7 nitrogen and oxygen atoms in total. The third kappa shape index (κ3) is 3.57. The van der Waals surface area contributed by atoms with Gasteiger partial charge in [-0.15, -0.1) is 0 Å². The Balaban J connectivity index is 1.59. The fourth-order valence-electron chi connectivity index (χ4n) is 3.07. The molecule has 1 unspecified atom stereocenters. The zero-order chi connectivity index (χ0) is 17.9. The molecule has 1 saturated heterocycles. The zero-order valence-electron chi connectivity index (χ0n) is 13.9. The molecule has 4 rings (SSSR count). The van der Waals surface area contributed by atoms with Crippen molar-refractivity contribution in [3.8, 4) is 17.1 Å². The van der Waals surface area contributed by atoms with Crippen LogP contribution in [0.4, 0.5) is 14.6 Å². The fraction of sp³-hybridized carbons (Fsp3) is 0.353. The van der Waals surface area contributed by atoms with E-state index in [1.165, 1.54) is 12.1 Å². The summed E-state index contributed by atoms with van der Waals surface area (Å²) < 4.78 is 30.9. The normalized spacial score (nSPS) is 17.6. The summed E-state index contributed by atoms with van der Waals surface area (Å²) in [4.78, 5) is 13.1. The molecule has 1 aliphatic rings. The minimum absolute atomic E-state index is 0.0657. The molecule has 0 aliphatic carbocycles. The van der Waals surface area contributed by atoms with E-state index in [0.717, 1.165) is 31.6 Å². The quantitative estimate of drug-likeness (QED) is 0.728. The Labute approximate surface area is 148 Å². The van der Waals surface area contributed by atoms with Crippen molar-refractivity contribution in [2.45, 2.75) is 25.5 Å². The Bertz CT molecular complexity index is 894. The number of nitrogens with one attached hydrogen (secondary N) is 2. The van der Waals surface area contributed by atoms with Crippen molar-refractivity contribution < 1.29 is 13.5 Å². The number of ether oxygens (including phenoxy) is 1. The lowest BCUT2D eigenvalue weighted by molar-refractivity contribution is -0.0498. The standard InChI is InChI=1S/C17H18F2N6O/c18-17(19)26-12-3-5-25-14(9-22-16(25)6-12)13-8-21-10-15(24-13)23-11-2-1-4-20-7-11/h3,5-6,8-11,17,20H,1-2,4,7H2,(H,23,24). The summed E-state index contributed by atoms with van der Waals surface area (Å²) in [5, 5.41) is 6.74. The highest BCUT2D eigenvalue weighted by Gasteiger charge is 2.15. The van der Waals surface area contributed by atoms with Crippen molar-refractivity contribution in [3.63, 3.8) is 0 Å². The Hall–Kier alpha value is -2.81. The lowest BCUT2D eigenvalue weighted by Gasteiger charge is -2.24. The van der Waals surface area contributed by atoms with E-state index < -0.39 is 6.61 Å². The van der Waals surface area contributed by atoms with Gasteiger partial charge in [-0.05, 0) is 25.5 Å². The lowest BCUT2D eigenvalue weighted by atomic mass is 10.1. The SMILES string of the molecule is FC(F)Oc1ccn2c(-c3cncc(NC4CCCNC4)n3)cnc2c1. The molecule has 2 N–H and O–H groups in total. The number of hydrogen-bond acceptors (Lipinski definition) is 6. The first-order valence-electron chi connectivity index (χ1n) is 8.40. The number of rotatable bonds is 5. The average Bonchev–Trinajstić information content (AvgIpc) is 3.05. The second-order valence-corrected chi connectivity index (χ2v) is 6.09. The van der Waals surface area contributed by atoms with Crippen molar-refractivity contribution in [2.75, 3.05) is 18.4 Å². The Morgan fingerprint density at radius 2 is 2.23 bits per heavy atom. The van der Waals surface area contributed by atoms with E-state index in [4.69, 9.17) is 0 Å². The molecular weight excluding hydrogens is 342 g/mol. The summed E-state index contributed by atoms with van der Waals surface area (Å²) in [7, 11) is 0. The first-order valence-corrected chi connectivity index (χ1v) is 8.40. The largest absolute Gasteiger partial charge is 0.435 e. The van der Waals surface area contributed by atoms with Crippen LogP contribution in [0.2, 0.25) is 0 Å². The molecular formula is C17H18F2N6O. The van der Waals surface area contributed by atoms with Gasteiger partial charge in [-0.1, -0.05) is 0 Å². The van der Waals surface area contributed by atoms with E-state index in [-0.39, 0.29) is 5.75 Å². The summed E-state index contributed by atoms with van der Waals surface area (Å²) in [5.74, 6) is 0.764. The molecule has 0 bridgehead atoms. The van der Waals surface area contributed by atoms with Gasteiger partial charge in [-0.3, -0.25) is 9.38 Å². The van der Waals surface area contributed by atoms with Gasteiger partial charge < -0.3 is 15.4 Å². The highest BCUT2D eigenvalue weighted by atomic mass is 19.3. The maximum atomic E-state index is 12.3. The van der Waals surface area contributed by atoms with Gasteiger partial charge in [0.2, 0.25) is 0 Å². The molecule has 0 aromatic carbocycles.